The van der Waals surface area contributed by atoms with Crippen molar-refractivity contribution in [2.45, 2.75) is 32.7 Å². The Morgan fingerprint density at radius 1 is 0.857 bits per heavy atom. The minimum absolute atomic E-state index is 0.161. The zero-order chi connectivity index (χ0) is 19.7. The van der Waals surface area contributed by atoms with Gasteiger partial charge in [-0.3, -0.25) is 0 Å². The topological polar surface area (TPSA) is 27.1 Å². The van der Waals surface area contributed by atoms with Crippen molar-refractivity contribution in [1.29, 1.82) is 0 Å². The number of nitrogens with zero attached hydrogens (tertiary/aromatic N) is 2. The van der Waals surface area contributed by atoms with E-state index in [1.807, 2.05) is 18.2 Å². The third kappa shape index (κ3) is 3.53. The molecule has 0 aliphatic carbocycles. The summed E-state index contributed by atoms with van der Waals surface area (Å²) in [6.07, 6.45) is 0. The van der Waals surface area contributed by atoms with Gasteiger partial charge in [0.15, 0.2) is 0 Å². The van der Waals surface area contributed by atoms with Crippen LogP contribution in [0.1, 0.15) is 31.9 Å². The molecule has 0 aliphatic rings. The quantitative estimate of drug-likeness (QED) is 0.437. The highest BCUT2D eigenvalue weighted by molar-refractivity contribution is 5.80. The molecule has 0 unspecified atom stereocenters. The first-order chi connectivity index (χ1) is 13.5. The Hall–Kier alpha value is -3.07. The van der Waals surface area contributed by atoms with Crippen LogP contribution < -0.4 is 4.74 Å². The van der Waals surface area contributed by atoms with Crippen molar-refractivity contribution >= 4 is 11.0 Å². The second kappa shape index (κ2) is 7.16. The predicted molar refractivity (Wildman–Crippen MR) is 116 cm³/mol. The van der Waals surface area contributed by atoms with Gasteiger partial charge in [0.05, 0.1) is 18.1 Å². The smallest absolute Gasteiger partial charge is 0.141 e. The minimum atomic E-state index is 0.161. The van der Waals surface area contributed by atoms with Gasteiger partial charge in [-0.05, 0) is 52.9 Å². The summed E-state index contributed by atoms with van der Waals surface area (Å²) in [7, 11) is 1.69. The number of rotatable bonds is 4. The van der Waals surface area contributed by atoms with Crippen LogP contribution in [0, 0.1) is 0 Å². The van der Waals surface area contributed by atoms with Gasteiger partial charge in [-0.15, -0.1) is 0 Å². The summed E-state index contributed by atoms with van der Waals surface area (Å²) in [5.74, 6) is 1.83. The van der Waals surface area contributed by atoms with E-state index in [4.69, 9.17) is 9.72 Å². The fraction of sp³-hybridized carbons (Fsp3) is 0.240. The Bertz CT molecular complexity index is 1080. The number of aromatic nitrogens is 2. The van der Waals surface area contributed by atoms with Crippen LogP contribution in [0.25, 0.3) is 22.4 Å². The van der Waals surface area contributed by atoms with Crippen LogP contribution in [0.4, 0.5) is 0 Å². The van der Waals surface area contributed by atoms with E-state index >= 15 is 0 Å². The maximum atomic E-state index is 5.30. The molecule has 1 aromatic heterocycles. The molecule has 4 aromatic rings. The van der Waals surface area contributed by atoms with Gasteiger partial charge in [0.2, 0.25) is 0 Å². The number of benzene rings is 3. The summed E-state index contributed by atoms with van der Waals surface area (Å²) in [6, 6.07) is 25.4. The SMILES string of the molecule is COc1ccc(-c2nc3ccccc3n2Cc2ccc(C(C)(C)C)cc2)cc1. The molecule has 28 heavy (non-hydrogen) atoms. The zero-order valence-electron chi connectivity index (χ0n) is 16.9. The van der Waals surface area contributed by atoms with Gasteiger partial charge in [0.25, 0.3) is 0 Å². The molecule has 0 saturated heterocycles. The van der Waals surface area contributed by atoms with Gasteiger partial charge in [-0.2, -0.15) is 0 Å². The van der Waals surface area contributed by atoms with Crippen molar-refractivity contribution in [2.75, 3.05) is 7.11 Å². The summed E-state index contributed by atoms with van der Waals surface area (Å²) in [5.41, 5.74) is 6.03. The Morgan fingerprint density at radius 2 is 1.54 bits per heavy atom. The van der Waals surface area contributed by atoms with Crippen molar-refractivity contribution in [1.82, 2.24) is 9.55 Å². The standard InChI is InChI=1S/C25H26N2O/c1-25(2,3)20-13-9-18(10-14-20)17-27-23-8-6-5-7-22(23)26-24(27)19-11-15-21(28-4)16-12-19/h5-16H,17H2,1-4H3. The molecular weight excluding hydrogens is 344 g/mol. The van der Waals surface area contributed by atoms with Gasteiger partial charge in [-0.25, -0.2) is 4.98 Å². The molecular formula is C25H26N2O. The number of para-hydroxylation sites is 2. The van der Waals surface area contributed by atoms with E-state index in [0.717, 1.165) is 34.7 Å². The third-order valence-corrected chi connectivity index (χ3v) is 5.16. The van der Waals surface area contributed by atoms with Crippen LogP contribution in [0.3, 0.4) is 0 Å². The molecule has 0 amide bonds. The molecule has 3 aromatic carbocycles. The predicted octanol–water partition coefficient (Wildman–Crippen LogP) is 6.06. The molecule has 3 heteroatoms. The Morgan fingerprint density at radius 3 is 2.18 bits per heavy atom. The van der Waals surface area contributed by atoms with Gasteiger partial charge >= 0.3 is 0 Å². The maximum Gasteiger partial charge on any atom is 0.141 e. The molecule has 4 rings (SSSR count). The fourth-order valence-electron chi connectivity index (χ4n) is 3.49. The minimum Gasteiger partial charge on any atom is -0.497 e. The lowest BCUT2D eigenvalue weighted by molar-refractivity contribution is 0.415. The van der Waals surface area contributed by atoms with Crippen LogP contribution in [0.5, 0.6) is 5.75 Å². The number of imidazole rings is 1. The lowest BCUT2D eigenvalue weighted by atomic mass is 9.87. The van der Waals surface area contributed by atoms with Gasteiger partial charge in [-0.1, -0.05) is 57.2 Å². The van der Waals surface area contributed by atoms with Crippen molar-refractivity contribution < 1.29 is 4.74 Å². The molecule has 3 nitrogen and oxygen atoms in total. The van der Waals surface area contributed by atoms with E-state index in [9.17, 15) is 0 Å². The van der Waals surface area contributed by atoms with Crippen LogP contribution in [0.15, 0.2) is 72.8 Å². The van der Waals surface area contributed by atoms with Crippen molar-refractivity contribution in [3.8, 4) is 17.1 Å². The monoisotopic (exact) mass is 370 g/mol. The number of fused-ring (bicyclic) bond motifs is 1. The van der Waals surface area contributed by atoms with Crippen LogP contribution in [-0.2, 0) is 12.0 Å². The van der Waals surface area contributed by atoms with E-state index in [0.29, 0.717) is 0 Å². The van der Waals surface area contributed by atoms with E-state index < -0.39 is 0 Å². The molecule has 0 bridgehead atoms. The first-order valence-corrected chi connectivity index (χ1v) is 9.65. The maximum absolute atomic E-state index is 5.30. The average Bonchev–Trinajstić information content (AvgIpc) is 3.06. The molecule has 142 valence electrons. The van der Waals surface area contributed by atoms with Crippen LogP contribution >= 0.6 is 0 Å². The molecule has 0 atom stereocenters. The van der Waals surface area contributed by atoms with E-state index in [1.54, 1.807) is 7.11 Å². The van der Waals surface area contributed by atoms with Crippen molar-refractivity contribution in [3.63, 3.8) is 0 Å². The van der Waals surface area contributed by atoms with Crippen LogP contribution in [0.2, 0.25) is 0 Å². The number of ether oxygens (including phenoxy) is 1. The highest BCUT2D eigenvalue weighted by Gasteiger charge is 2.15. The highest BCUT2D eigenvalue weighted by Crippen LogP contribution is 2.28. The third-order valence-electron chi connectivity index (χ3n) is 5.16. The summed E-state index contributed by atoms with van der Waals surface area (Å²) in [6.45, 7) is 7.51. The molecule has 1 heterocycles. The van der Waals surface area contributed by atoms with Gasteiger partial charge in [0, 0.05) is 12.1 Å². The highest BCUT2D eigenvalue weighted by atomic mass is 16.5. The van der Waals surface area contributed by atoms with Gasteiger partial charge < -0.3 is 9.30 Å². The van der Waals surface area contributed by atoms with E-state index in [2.05, 4.69) is 79.9 Å². The Balaban J connectivity index is 1.76. The first kappa shape index (κ1) is 18.3. The van der Waals surface area contributed by atoms with Crippen molar-refractivity contribution in [2.24, 2.45) is 0 Å². The summed E-state index contributed by atoms with van der Waals surface area (Å²) >= 11 is 0. The average molecular weight is 370 g/mol. The fourth-order valence-corrected chi connectivity index (χ4v) is 3.49. The molecule has 0 N–H and O–H groups in total. The number of hydrogen-bond donors (Lipinski definition) is 0. The van der Waals surface area contributed by atoms with E-state index in [-0.39, 0.29) is 5.41 Å². The van der Waals surface area contributed by atoms with Gasteiger partial charge in [0.1, 0.15) is 11.6 Å². The molecule has 0 spiro atoms. The zero-order valence-corrected chi connectivity index (χ0v) is 16.9. The summed E-state index contributed by atoms with van der Waals surface area (Å²) in [4.78, 5) is 4.91. The van der Waals surface area contributed by atoms with Crippen LogP contribution in [-0.4, -0.2) is 16.7 Å². The van der Waals surface area contributed by atoms with Crippen molar-refractivity contribution in [3.05, 3.63) is 83.9 Å². The lowest BCUT2D eigenvalue weighted by Crippen LogP contribution is -2.11. The second-order valence-corrected chi connectivity index (χ2v) is 8.19. The molecule has 0 fully saturated rings. The number of hydrogen-bond acceptors (Lipinski definition) is 2. The normalized spacial score (nSPS) is 11.7. The van der Waals surface area contributed by atoms with E-state index in [1.165, 1.54) is 11.1 Å². The Labute approximate surface area is 166 Å². The largest absolute Gasteiger partial charge is 0.497 e. The lowest BCUT2D eigenvalue weighted by Gasteiger charge is -2.19. The summed E-state index contributed by atoms with van der Waals surface area (Å²) in [5, 5.41) is 0. The molecule has 0 aliphatic heterocycles. The Kier molecular flexibility index (Phi) is 4.68. The second-order valence-electron chi connectivity index (χ2n) is 8.19. The summed E-state index contributed by atoms with van der Waals surface area (Å²) < 4.78 is 7.60. The first-order valence-electron chi connectivity index (χ1n) is 9.65. The molecule has 0 saturated carbocycles. The molecule has 0 radical (unpaired) electrons. The number of methoxy groups -OCH3 is 1.